The minimum Gasteiger partial charge on any atom is -0.406 e. The molecule has 1 N–H and O–H groups in total. The maximum absolute atomic E-state index is 12.0. The monoisotopic (exact) mass is 274 g/mol. The van der Waals surface area contributed by atoms with Crippen molar-refractivity contribution in [3.05, 3.63) is 29.8 Å². The largest absolute Gasteiger partial charge is 0.573 e. The lowest BCUT2D eigenvalue weighted by Crippen LogP contribution is -2.30. The van der Waals surface area contributed by atoms with E-state index in [4.69, 9.17) is 5.11 Å². The Balaban J connectivity index is 2.66. The molecule has 0 saturated carbocycles. The van der Waals surface area contributed by atoms with E-state index in [-0.39, 0.29) is 5.56 Å². The molecule has 0 aromatic heterocycles. The molecule has 0 aliphatic heterocycles. The van der Waals surface area contributed by atoms with E-state index in [1.165, 1.54) is 0 Å². The third kappa shape index (κ3) is 4.82. The first-order valence-corrected chi connectivity index (χ1v) is 4.67. The fourth-order valence-electron chi connectivity index (χ4n) is 1.17. The third-order valence-electron chi connectivity index (χ3n) is 1.96. The van der Waals surface area contributed by atoms with Crippen molar-refractivity contribution in [1.82, 2.24) is 0 Å². The molecule has 0 aliphatic carbocycles. The van der Waals surface area contributed by atoms with Gasteiger partial charge in [0, 0.05) is 6.42 Å². The second-order valence-electron chi connectivity index (χ2n) is 3.45. The molecule has 1 atom stereocenters. The molecule has 1 rings (SSSR count). The fraction of sp³-hybridized carbons (Fsp3) is 0.400. The van der Waals surface area contributed by atoms with E-state index < -0.39 is 30.8 Å². The zero-order chi connectivity index (χ0) is 14.0. The highest BCUT2D eigenvalue weighted by Crippen LogP contribution is 2.25. The van der Waals surface area contributed by atoms with Gasteiger partial charge >= 0.3 is 12.5 Å². The number of hydrogen-bond donors (Lipinski definition) is 1. The van der Waals surface area contributed by atoms with E-state index in [2.05, 4.69) is 4.74 Å². The third-order valence-corrected chi connectivity index (χ3v) is 1.96. The Morgan fingerprint density at radius 3 is 1.89 bits per heavy atom. The highest BCUT2D eigenvalue weighted by atomic mass is 19.4. The lowest BCUT2D eigenvalue weighted by Gasteiger charge is -2.14. The van der Waals surface area contributed by atoms with Crippen LogP contribution in [0.2, 0.25) is 0 Å². The SMILES string of the molecule is OC(Cc1ccc(OC(F)(F)F)cc1)C(F)(F)F. The second kappa shape index (κ2) is 5.05. The van der Waals surface area contributed by atoms with Crippen molar-refractivity contribution in [1.29, 1.82) is 0 Å². The van der Waals surface area contributed by atoms with Crippen LogP contribution in [-0.2, 0) is 6.42 Å². The molecule has 0 saturated heterocycles. The topological polar surface area (TPSA) is 29.5 Å². The summed E-state index contributed by atoms with van der Waals surface area (Å²) < 4.78 is 75.0. The van der Waals surface area contributed by atoms with Crippen molar-refractivity contribution in [2.24, 2.45) is 0 Å². The van der Waals surface area contributed by atoms with Crippen LogP contribution in [0.4, 0.5) is 26.3 Å². The molecule has 0 radical (unpaired) electrons. The number of aliphatic hydroxyl groups is 1. The molecule has 8 heteroatoms. The molecule has 1 aromatic carbocycles. The Kier molecular flexibility index (Phi) is 4.10. The molecule has 0 bridgehead atoms. The zero-order valence-electron chi connectivity index (χ0n) is 8.72. The summed E-state index contributed by atoms with van der Waals surface area (Å²) in [6, 6.07) is 3.81. The first kappa shape index (κ1) is 14.6. The van der Waals surface area contributed by atoms with Crippen LogP contribution in [0.1, 0.15) is 5.56 Å². The molecule has 2 nitrogen and oxygen atoms in total. The molecule has 1 unspecified atom stereocenters. The van der Waals surface area contributed by atoms with Gasteiger partial charge in [-0.1, -0.05) is 12.1 Å². The van der Waals surface area contributed by atoms with Gasteiger partial charge in [0.05, 0.1) is 0 Å². The molecule has 0 fully saturated rings. The Bertz CT molecular complexity index is 381. The van der Waals surface area contributed by atoms with Crippen molar-refractivity contribution in [3.8, 4) is 5.75 Å². The van der Waals surface area contributed by atoms with E-state index in [0.29, 0.717) is 0 Å². The van der Waals surface area contributed by atoms with Crippen molar-refractivity contribution >= 4 is 0 Å². The van der Waals surface area contributed by atoms with Crippen LogP contribution < -0.4 is 4.74 Å². The number of alkyl halides is 6. The van der Waals surface area contributed by atoms with Gasteiger partial charge in [0.2, 0.25) is 0 Å². The van der Waals surface area contributed by atoms with E-state index in [1.54, 1.807) is 0 Å². The van der Waals surface area contributed by atoms with Crippen LogP contribution in [0.3, 0.4) is 0 Å². The van der Waals surface area contributed by atoms with Crippen molar-refractivity contribution in [3.63, 3.8) is 0 Å². The summed E-state index contributed by atoms with van der Waals surface area (Å²) in [6.07, 6.45) is -12.9. The molecule has 0 amide bonds. The number of benzene rings is 1. The van der Waals surface area contributed by atoms with Gasteiger partial charge in [-0.3, -0.25) is 0 Å². The van der Waals surface area contributed by atoms with Gasteiger partial charge in [-0.15, -0.1) is 13.2 Å². The first-order chi connectivity index (χ1) is 8.08. The molecule has 102 valence electrons. The van der Waals surface area contributed by atoms with Gasteiger partial charge in [0.15, 0.2) is 6.10 Å². The van der Waals surface area contributed by atoms with Gasteiger partial charge in [-0.05, 0) is 17.7 Å². The van der Waals surface area contributed by atoms with Crippen molar-refractivity contribution in [2.75, 3.05) is 0 Å². The first-order valence-electron chi connectivity index (χ1n) is 4.67. The maximum atomic E-state index is 12.0. The summed E-state index contributed by atoms with van der Waals surface area (Å²) in [4.78, 5) is 0. The van der Waals surface area contributed by atoms with E-state index in [0.717, 1.165) is 24.3 Å². The van der Waals surface area contributed by atoms with Gasteiger partial charge < -0.3 is 9.84 Å². The number of hydrogen-bond acceptors (Lipinski definition) is 2. The van der Waals surface area contributed by atoms with E-state index in [1.807, 2.05) is 0 Å². The van der Waals surface area contributed by atoms with Gasteiger partial charge in [0.25, 0.3) is 0 Å². The summed E-state index contributed by atoms with van der Waals surface area (Å²) in [5.74, 6) is -0.534. The standard InChI is InChI=1S/C10H8F6O2/c11-9(12,13)8(17)5-6-1-3-7(4-2-6)18-10(14,15)16/h1-4,8,17H,5H2. The molecular formula is C10H8F6O2. The maximum Gasteiger partial charge on any atom is 0.573 e. The average molecular weight is 274 g/mol. The van der Waals surface area contributed by atoms with Crippen LogP contribution in [0.15, 0.2) is 24.3 Å². The predicted molar refractivity (Wildman–Crippen MR) is 48.9 cm³/mol. The molecule has 0 aliphatic rings. The van der Waals surface area contributed by atoms with Crippen molar-refractivity contribution in [2.45, 2.75) is 25.1 Å². The highest BCUT2D eigenvalue weighted by molar-refractivity contribution is 5.27. The highest BCUT2D eigenvalue weighted by Gasteiger charge is 2.38. The molecule has 0 spiro atoms. The molecular weight excluding hydrogens is 266 g/mol. The molecule has 1 aromatic rings. The van der Waals surface area contributed by atoms with Crippen LogP contribution in [-0.4, -0.2) is 23.7 Å². The van der Waals surface area contributed by atoms with Gasteiger partial charge in [-0.25, -0.2) is 0 Å². The van der Waals surface area contributed by atoms with Crippen LogP contribution >= 0.6 is 0 Å². The Morgan fingerprint density at radius 2 is 1.50 bits per heavy atom. The molecule has 0 heterocycles. The van der Waals surface area contributed by atoms with Gasteiger partial charge in [-0.2, -0.15) is 13.2 Å². The minimum absolute atomic E-state index is 0.0503. The Morgan fingerprint density at radius 1 is 1.00 bits per heavy atom. The normalized spacial score (nSPS) is 14.4. The van der Waals surface area contributed by atoms with Crippen LogP contribution in [0.25, 0.3) is 0 Å². The average Bonchev–Trinajstić information content (AvgIpc) is 2.17. The summed E-state index contributed by atoms with van der Waals surface area (Å²) >= 11 is 0. The number of rotatable bonds is 3. The Hall–Kier alpha value is -1.44. The predicted octanol–water partition coefficient (Wildman–Crippen LogP) is 3.05. The van der Waals surface area contributed by atoms with Gasteiger partial charge in [0.1, 0.15) is 5.75 Å². The number of aliphatic hydroxyl groups excluding tert-OH is 1. The van der Waals surface area contributed by atoms with Crippen molar-refractivity contribution < 1.29 is 36.2 Å². The fourth-order valence-corrected chi connectivity index (χ4v) is 1.17. The summed E-state index contributed by atoms with van der Waals surface area (Å²) in [7, 11) is 0. The lowest BCUT2D eigenvalue weighted by atomic mass is 10.1. The molecule has 18 heavy (non-hydrogen) atoms. The number of ether oxygens (including phenoxy) is 1. The zero-order valence-corrected chi connectivity index (χ0v) is 8.72. The van der Waals surface area contributed by atoms with Crippen LogP contribution in [0, 0.1) is 0 Å². The summed E-state index contributed by atoms with van der Waals surface area (Å²) in [6.45, 7) is 0. The van der Waals surface area contributed by atoms with E-state index >= 15 is 0 Å². The second-order valence-corrected chi connectivity index (χ2v) is 3.45. The Labute approximate surface area is 97.8 Å². The smallest absolute Gasteiger partial charge is 0.406 e. The minimum atomic E-state index is -4.85. The number of halogens is 6. The lowest BCUT2D eigenvalue weighted by molar-refractivity contribution is -0.274. The van der Waals surface area contributed by atoms with E-state index in [9.17, 15) is 26.3 Å². The quantitative estimate of drug-likeness (QED) is 0.858. The van der Waals surface area contributed by atoms with Crippen LogP contribution in [0.5, 0.6) is 5.75 Å². The summed E-state index contributed by atoms with van der Waals surface area (Å²) in [5, 5.41) is 8.76. The summed E-state index contributed by atoms with van der Waals surface area (Å²) in [5.41, 5.74) is 0.0503.